The minimum absolute atomic E-state index is 0.113. The van der Waals surface area contributed by atoms with Crippen molar-refractivity contribution in [3.8, 4) is 17.2 Å². The first-order chi connectivity index (χ1) is 21.5. The van der Waals surface area contributed by atoms with Crippen LogP contribution in [0.3, 0.4) is 0 Å². The number of phenolic OH excluding ortho intramolecular Hbond substituents is 3. The van der Waals surface area contributed by atoms with Gasteiger partial charge in [0.2, 0.25) is 5.78 Å². The number of benzene rings is 2. The smallest absolute Gasteiger partial charge is 0.260 e. The molecule has 12 nitrogen and oxygen atoms in total. The van der Waals surface area contributed by atoms with E-state index in [0.717, 1.165) is 38.9 Å². The molecule has 2 aromatic carbocycles. The van der Waals surface area contributed by atoms with Crippen LogP contribution in [0.15, 0.2) is 27.9 Å². The Kier molecular flexibility index (Phi) is 7.54. The Labute approximate surface area is 268 Å². The van der Waals surface area contributed by atoms with E-state index >= 15 is 0 Å². The molecule has 0 radical (unpaired) electrons. The lowest BCUT2D eigenvalue weighted by Gasteiger charge is -2.23. The van der Waals surface area contributed by atoms with Crippen LogP contribution in [-0.2, 0) is 21.4 Å². The summed E-state index contributed by atoms with van der Waals surface area (Å²) in [5.74, 6) is -6.65. The van der Waals surface area contributed by atoms with E-state index in [1.54, 1.807) is 6.07 Å². The first-order valence-corrected chi connectivity index (χ1v) is 15.4. The van der Waals surface area contributed by atoms with Crippen molar-refractivity contribution in [3.63, 3.8) is 0 Å². The Morgan fingerprint density at radius 2 is 1.67 bits per heavy atom. The molecule has 1 atom stereocenters. The van der Waals surface area contributed by atoms with Gasteiger partial charge in [-0.25, -0.2) is 0 Å². The van der Waals surface area contributed by atoms with Crippen LogP contribution in [0.5, 0.6) is 17.2 Å². The molecule has 13 heteroatoms. The van der Waals surface area contributed by atoms with Crippen LogP contribution >= 0.6 is 22.6 Å². The lowest BCUT2D eigenvalue weighted by molar-refractivity contribution is 0.0790. The zero-order chi connectivity index (χ0) is 32.4. The number of rotatable bonds is 8. The minimum Gasteiger partial charge on any atom is -0.507 e. The van der Waals surface area contributed by atoms with Crippen molar-refractivity contribution in [3.05, 3.63) is 70.9 Å². The molecule has 45 heavy (non-hydrogen) atoms. The number of allylic oxidation sites excluding steroid dienone is 2. The van der Waals surface area contributed by atoms with E-state index in [0.29, 0.717) is 26.8 Å². The van der Waals surface area contributed by atoms with E-state index in [2.05, 4.69) is 17.1 Å². The first kappa shape index (κ1) is 30.5. The quantitative estimate of drug-likeness (QED) is 0.0648. The van der Waals surface area contributed by atoms with Gasteiger partial charge in [-0.05, 0) is 59.9 Å². The van der Waals surface area contributed by atoms with Gasteiger partial charge in [0.1, 0.15) is 29.3 Å². The van der Waals surface area contributed by atoms with Gasteiger partial charge in [-0.15, -0.1) is 0 Å². The van der Waals surface area contributed by atoms with Crippen LogP contribution < -0.4 is 5.56 Å². The van der Waals surface area contributed by atoms with Crippen LogP contribution in [0.4, 0.5) is 0 Å². The predicted molar refractivity (Wildman–Crippen MR) is 169 cm³/mol. The molecule has 0 fully saturated rings. The number of Topliss-reactive ketones (excluding diaryl/α,β-unsaturated/α-hetero) is 3. The van der Waals surface area contributed by atoms with Crippen molar-refractivity contribution < 1.29 is 44.1 Å². The predicted octanol–water partition coefficient (Wildman–Crippen LogP) is 4.35. The molecule has 1 spiro atoms. The summed E-state index contributed by atoms with van der Waals surface area (Å²) in [6.07, 6.45) is 6.20. The van der Waals surface area contributed by atoms with Gasteiger partial charge in [0.05, 0.1) is 46.7 Å². The highest BCUT2D eigenvalue weighted by molar-refractivity contribution is 14.1. The second-order valence-electron chi connectivity index (χ2n) is 11.2. The molecule has 3 aliphatic carbocycles. The van der Waals surface area contributed by atoms with Crippen LogP contribution in [0.1, 0.15) is 97.3 Å². The maximum absolute atomic E-state index is 14.2. The number of aromatic hydroxyl groups is 3. The lowest BCUT2D eigenvalue weighted by atomic mass is 9.76. The topological polar surface area (TPSA) is 193 Å². The van der Waals surface area contributed by atoms with E-state index in [9.17, 15) is 39.3 Å². The van der Waals surface area contributed by atoms with E-state index in [4.69, 9.17) is 9.57 Å². The fourth-order valence-electron chi connectivity index (χ4n) is 6.61. The number of phenols is 3. The highest BCUT2D eigenvalue weighted by Crippen LogP contribution is 2.58. The summed E-state index contributed by atoms with van der Waals surface area (Å²) in [5.41, 5.74) is -4.71. The number of halogens is 1. The summed E-state index contributed by atoms with van der Waals surface area (Å²) in [6.45, 7) is 2.53. The van der Waals surface area contributed by atoms with E-state index in [-0.39, 0.29) is 23.8 Å². The molecule has 0 aliphatic heterocycles. The zero-order valence-electron chi connectivity index (χ0n) is 24.2. The van der Waals surface area contributed by atoms with Crippen LogP contribution in [0.25, 0.3) is 10.8 Å². The fourth-order valence-corrected chi connectivity index (χ4v) is 7.58. The van der Waals surface area contributed by atoms with Crippen molar-refractivity contribution in [1.29, 1.82) is 0 Å². The average molecular weight is 726 g/mol. The molecule has 6 rings (SSSR count). The molecule has 232 valence electrons. The lowest BCUT2D eigenvalue weighted by Crippen LogP contribution is -2.36. The molecule has 0 unspecified atom stereocenters. The number of carbonyl (C=O) groups excluding carboxylic acids is 4. The summed E-state index contributed by atoms with van der Waals surface area (Å²) in [4.78, 5) is 75.4. The van der Waals surface area contributed by atoms with E-state index in [1.807, 2.05) is 22.6 Å². The number of nitrogens with one attached hydrogen (secondary N) is 1. The molecule has 1 heterocycles. The van der Waals surface area contributed by atoms with Gasteiger partial charge < -0.3 is 29.9 Å². The Morgan fingerprint density at radius 1 is 0.978 bits per heavy atom. The SMILES string of the molecule is CCCCCCO/N=C/c1cc2c(I)c3c(c(O)c2c(=O)[nH]1)[C@@]1(CC3)C(=O)c2c(O)c3c(c(O)c2C1=O)C(=O)C(OC)=CC3=O. The number of ketones is 4. The highest BCUT2D eigenvalue weighted by Gasteiger charge is 2.62. The zero-order valence-corrected chi connectivity index (χ0v) is 26.4. The molecule has 4 N–H and O–H groups in total. The minimum atomic E-state index is -2.11. The van der Waals surface area contributed by atoms with Crippen molar-refractivity contribution in [2.75, 3.05) is 13.7 Å². The number of hydrogen-bond acceptors (Lipinski definition) is 11. The number of aromatic amines is 1. The Hall–Kier alpha value is -4.53. The van der Waals surface area contributed by atoms with Crippen LogP contribution in [0, 0.1) is 3.57 Å². The second-order valence-corrected chi connectivity index (χ2v) is 12.2. The Balaban J connectivity index is 1.47. The van der Waals surface area contributed by atoms with Gasteiger partial charge in [-0.3, -0.25) is 24.0 Å². The number of ether oxygens (including phenoxy) is 1. The van der Waals surface area contributed by atoms with Crippen molar-refractivity contribution >= 4 is 62.7 Å². The molecule has 0 bridgehead atoms. The normalized spacial score (nSPS) is 18.6. The number of hydrogen-bond donors (Lipinski definition) is 4. The van der Waals surface area contributed by atoms with Gasteiger partial charge >= 0.3 is 0 Å². The summed E-state index contributed by atoms with van der Waals surface area (Å²) in [5, 5.41) is 38.0. The number of fused-ring (bicyclic) bond motifs is 5. The standard InChI is InChI=1S/C32H27IN2O10/c1-3-4-5-6-9-45-34-12-13-10-15-18(31(43)35-13)28(40)23-14(24(15)33)7-8-32(23)29(41)21-22(30(32)42)27(39)20-19(26(21)38)16(36)11-17(44-2)25(20)37/h10-12,38-40H,3-9H2,1-2H3,(H,35,43)/b34-12+/t32-/m0/s1. The first-order valence-electron chi connectivity index (χ1n) is 14.3. The summed E-state index contributed by atoms with van der Waals surface area (Å²) in [6, 6.07) is 1.60. The third-order valence-electron chi connectivity index (χ3n) is 8.72. The molecule has 3 aliphatic rings. The van der Waals surface area contributed by atoms with E-state index < -0.39 is 79.4 Å². The number of unbranched alkanes of at least 4 members (excludes halogenated alkanes) is 3. The number of methoxy groups -OCH3 is 1. The monoisotopic (exact) mass is 726 g/mol. The Bertz CT molecular complexity index is 2010. The van der Waals surface area contributed by atoms with Crippen molar-refractivity contribution in [2.24, 2.45) is 5.16 Å². The molecule has 1 aromatic heterocycles. The fraction of sp³-hybridized carbons (Fsp3) is 0.312. The van der Waals surface area contributed by atoms with Crippen LogP contribution in [0.2, 0.25) is 0 Å². The molecule has 0 amide bonds. The van der Waals surface area contributed by atoms with Crippen molar-refractivity contribution in [2.45, 2.75) is 50.9 Å². The number of pyridine rings is 1. The molecular formula is C32H27IN2O10. The molecule has 0 saturated heterocycles. The highest BCUT2D eigenvalue weighted by atomic mass is 127. The third-order valence-corrected chi connectivity index (χ3v) is 9.95. The molecular weight excluding hydrogens is 699 g/mol. The summed E-state index contributed by atoms with van der Waals surface area (Å²) in [7, 11) is 1.14. The largest absolute Gasteiger partial charge is 0.507 e. The number of oxime groups is 1. The van der Waals surface area contributed by atoms with Crippen molar-refractivity contribution in [1.82, 2.24) is 4.98 Å². The maximum atomic E-state index is 14.2. The number of nitrogens with zero attached hydrogens (tertiary/aromatic N) is 1. The summed E-state index contributed by atoms with van der Waals surface area (Å²) >= 11 is 1.99. The number of carbonyl (C=O) groups is 4. The maximum Gasteiger partial charge on any atom is 0.260 e. The molecule has 0 saturated carbocycles. The Morgan fingerprint density at radius 3 is 2.33 bits per heavy atom. The third kappa shape index (κ3) is 4.23. The summed E-state index contributed by atoms with van der Waals surface area (Å²) < 4.78 is 5.44. The van der Waals surface area contributed by atoms with Gasteiger partial charge in [0.15, 0.2) is 23.1 Å². The number of H-pyrrole nitrogens is 1. The van der Waals surface area contributed by atoms with Crippen LogP contribution in [-0.4, -0.2) is 63.4 Å². The number of aromatic nitrogens is 1. The molecule has 3 aromatic rings. The average Bonchev–Trinajstić information content (AvgIpc) is 3.52. The van der Waals surface area contributed by atoms with E-state index in [1.165, 1.54) is 6.21 Å². The van der Waals surface area contributed by atoms with Gasteiger partial charge in [0.25, 0.3) is 5.56 Å². The second kappa shape index (κ2) is 11.1. The van der Waals surface area contributed by atoms with Gasteiger partial charge in [-0.1, -0.05) is 24.9 Å². The van der Waals surface area contributed by atoms with Gasteiger partial charge in [-0.2, -0.15) is 0 Å². The van der Waals surface area contributed by atoms with Gasteiger partial charge in [0, 0.05) is 20.6 Å².